The Labute approximate surface area is 126 Å². The van der Waals surface area contributed by atoms with Crippen molar-refractivity contribution in [1.29, 1.82) is 0 Å². The molecule has 1 amide bonds. The zero-order valence-corrected chi connectivity index (χ0v) is 13.0. The highest BCUT2D eigenvalue weighted by atomic mass is 16.1. The van der Waals surface area contributed by atoms with Gasteiger partial charge in [-0.05, 0) is 44.5 Å². The molecule has 1 aliphatic heterocycles. The van der Waals surface area contributed by atoms with Crippen molar-refractivity contribution in [3.8, 4) is 0 Å². The molecule has 0 aromatic carbocycles. The summed E-state index contributed by atoms with van der Waals surface area (Å²) in [5, 5.41) is 2.75. The van der Waals surface area contributed by atoms with E-state index in [-0.39, 0.29) is 23.9 Å². The predicted octanol–water partition coefficient (Wildman–Crippen LogP) is 1.32. The van der Waals surface area contributed by atoms with E-state index in [9.17, 15) is 4.79 Å². The molecule has 3 N–H and O–H groups in total. The first-order valence-corrected chi connectivity index (χ1v) is 7.79. The van der Waals surface area contributed by atoms with Gasteiger partial charge in [-0.25, -0.2) is 0 Å². The molecule has 21 heavy (non-hydrogen) atoms. The topological polar surface area (TPSA) is 71.2 Å². The molecule has 0 spiro atoms. The number of nitrogens with zero attached hydrogens (tertiary/aromatic N) is 2. The molecule has 116 valence electrons. The van der Waals surface area contributed by atoms with E-state index in [0.29, 0.717) is 0 Å². The van der Waals surface area contributed by atoms with Crippen LogP contribution in [0.5, 0.6) is 0 Å². The van der Waals surface area contributed by atoms with Crippen LogP contribution in [0, 0.1) is 5.92 Å². The lowest BCUT2D eigenvalue weighted by molar-refractivity contribution is -0.126. The van der Waals surface area contributed by atoms with Gasteiger partial charge in [0.05, 0.1) is 11.7 Å². The van der Waals surface area contributed by atoms with Crippen LogP contribution in [-0.2, 0) is 4.79 Å². The lowest BCUT2D eigenvalue weighted by Crippen LogP contribution is -2.46. The van der Waals surface area contributed by atoms with Crippen LogP contribution in [0.2, 0.25) is 0 Å². The van der Waals surface area contributed by atoms with Crippen LogP contribution >= 0.6 is 0 Å². The third-order valence-corrected chi connectivity index (χ3v) is 4.41. The van der Waals surface area contributed by atoms with E-state index < -0.39 is 0 Å². The fourth-order valence-corrected chi connectivity index (χ4v) is 3.10. The third kappa shape index (κ3) is 3.80. The quantitative estimate of drug-likeness (QED) is 0.858. The van der Waals surface area contributed by atoms with Crippen LogP contribution in [0.3, 0.4) is 0 Å². The number of carbonyl (C=O) groups excluding carboxylic acids is 1. The lowest BCUT2D eigenvalue weighted by atomic mass is 9.92. The predicted molar refractivity (Wildman–Crippen MR) is 83.6 cm³/mol. The Kier molecular flexibility index (Phi) is 5.70. The van der Waals surface area contributed by atoms with E-state index in [4.69, 9.17) is 5.73 Å². The number of amides is 1. The van der Waals surface area contributed by atoms with Crippen molar-refractivity contribution in [2.24, 2.45) is 11.7 Å². The van der Waals surface area contributed by atoms with Crippen molar-refractivity contribution in [2.75, 3.05) is 20.1 Å². The SMILES string of the molecule is CCC(N)C(c1ccccn1)N1CCC(C(=O)NC)CC1. The van der Waals surface area contributed by atoms with Gasteiger partial charge in [-0.3, -0.25) is 14.7 Å². The molecule has 2 rings (SSSR count). The first-order chi connectivity index (χ1) is 10.2. The van der Waals surface area contributed by atoms with Gasteiger partial charge in [0.25, 0.3) is 0 Å². The molecule has 1 aliphatic rings. The first kappa shape index (κ1) is 15.9. The Morgan fingerprint density at radius 2 is 2.19 bits per heavy atom. The van der Waals surface area contributed by atoms with E-state index in [1.807, 2.05) is 24.4 Å². The van der Waals surface area contributed by atoms with Crippen molar-refractivity contribution in [3.05, 3.63) is 30.1 Å². The van der Waals surface area contributed by atoms with Crippen molar-refractivity contribution in [2.45, 2.75) is 38.3 Å². The highest BCUT2D eigenvalue weighted by molar-refractivity contribution is 5.78. The van der Waals surface area contributed by atoms with Crippen LogP contribution < -0.4 is 11.1 Å². The molecule has 0 bridgehead atoms. The summed E-state index contributed by atoms with van der Waals surface area (Å²) in [5.41, 5.74) is 7.37. The summed E-state index contributed by atoms with van der Waals surface area (Å²) >= 11 is 0. The zero-order valence-electron chi connectivity index (χ0n) is 13.0. The van der Waals surface area contributed by atoms with E-state index in [2.05, 4.69) is 22.1 Å². The van der Waals surface area contributed by atoms with Crippen molar-refractivity contribution in [3.63, 3.8) is 0 Å². The van der Waals surface area contributed by atoms with Crippen molar-refractivity contribution < 1.29 is 4.79 Å². The van der Waals surface area contributed by atoms with Crippen LogP contribution in [0.25, 0.3) is 0 Å². The maximum atomic E-state index is 11.7. The summed E-state index contributed by atoms with van der Waals surface area (Å²) < 4.78 is 0. The molecular formula is C16H26N4O. The molecular weight excluding hydrogens is 264 g/mol. The fraction of sp³-hybridized carbons (Fsp3) is 0.625. The summed E-state index contributed by atoms with van der Waals surface area (Å²) in [6.07, 6.45) is 4.51. The zero-order chi connectivity index (χ0) is 15.2. The monoisotopic (exact) mass is 290 g/mol. The van der Waals surface area contributed by atoms with Gasteiger partial charge in [-0.1, -0.05) is 13.0 Å². The van der Waals surface area contributed by atoms with Gasteiger partial charge < -0.3 is 11.1 Å². The first-order valence-electron chi connectivity index (χ1n) is 7.79. The second-order valence-corrected chi connectivity index (χ2v) is 5.70. The summed E-state index contributed by atoms with van der Waals surface area (Å²) in [6.45, 7) is 3.90. The molecule has 5 heteroatoms. The maximum absolute atomic E-state index is 11.7. The number of nitrogens with one attached hydrogen (secondary N) is 1. The number of hydrogen-bond donors (Lipinski definition) is 2. The summed E-state index contributed by atoms with van der Waals surface area (Å²) in [5.74, 6) is 0.289. The molecule has 0 saturated carbocycles. The highest BCUT2D eigenvalue weighted by Gasteiger charge is 2.32. The fourth-order valence-electron chi connectivity index (χ4n) is 3.10. The largest absolute Gasteiger partial charge is 0.359 e. The average molecular weight is 290 g/mol. The molecule has 1 aromatic heterocycles. The molecule has 2 unspecified atom stereocenters. The molecule has 1 aromatic rings. The molecule has 0 aliphatic carbocycles. The summed E-state index contributed by atoms with van der Waals surface area (Å²) in [6, 6.07) is 6.19. The maximum Gasteiger partial charge on any atom is 0.222 e. The number of carbonyl (C=O) groups is 1. The minimum Gasteiger partial charge on any atom is -0.359 e. The minimum atomic E-state index is 0.0662. The summed E-state index contributed by atoms with van der Waals surface area (Å²) in [4.78, 5) is 18.6. The molecule has 5 nitrogen and oxygen atoms in total. The number of rotatable bonds is 5. The molecule has 1 saturated heterocycles. The Bertz CT molecular complexity index is 443. The van der Waals surface area contributed by atoms with Crippen LogP contribution in [-0.4, -0.2) is 42.0 Å². The van der Waals surface area contributed by atoms with Crippen LogP contribution in [0.1, 0.15) is 37.9 Å². The number of pyridine rings is 1. The van der Waals surface area contributed by atoms with Gasteiger partial charge in [0.2, 0.25) is 5.91 Å². The van der Waals surface area contributed by atoms with Gasteiger partial charge in [0, 0.05) is 25.2 Å². The lowest BCUT2D eigenvalue weighted by Gasteiger charge is -2.39. The standard InChI is InChI=1S/C16H26N4O/c1-3-13(17)15(14-6-4-5-9-19-14)20-10-7-12(8-11-20)16(21)18-2/h4-6,9,12-13,15H,3,7-8,10-11,17H2,1-2H3,(H,18,21). The van der Waals surface area contributed by atoms with Crippen LogP contribution in [0.4, 0.5) is 0 Å². The number of likely N-dealkylation sites (tertiary alicyclic amines) is 1. The number of hydrogen-bond acceptors (Lipinski definition) is 4. The molecule has 0 radical (unpaired) electrons. The van der Waals surface area contributed by atoms with Gasteiger partial charge in [-0.15, -0.1) is 0 Å². The highest BCUT2D eigenvalue weighted by Crippen LogP contribution is 2.28. The number of aromatic nitrogens is 1. The van der Waals surface area contributed by atoms with Crippen molar-refractivity contribution in [1.82, 2.24) is 15.2 Å². The van der Waals surface area contributed by atoms with E-state index in [1.165, 1.54) is 0 Å². The normalized spacial score (nSPS) is 20.0. The second-order valence-electron chi connectivity index (χ2n) is 5.70. The molecule has 2 atom stereocenters. The van der Waals surface area contributed by atoms with Gasteiger partial charge in [0.15, 0.2) is 0 Å². The number of nitrogens with two attached hydrogens (primary N) is 1. The van der Waals surface area contributed by atoms with Gasteiger partial charge >= 0.3 is 0 Å². The Morgan fingerprint density at radius 1 is 1.48 bits per heavy atom. The Balaban J connectivity index is 2.08. The van der Waals surface area contributed by atoms with Gasteiger partial charge in [-0.2, -0.15) is 0 Å². The molecule has 1 fully saturated rings. The third-order valence-electron chi connectivity index (χ3n) is 4.41. The summed E-state index contributed by atoms with van der Waals surface area (Å²) in [7, 11) is 1.71. The number of piperidine rings is 1. The van der Waals surface area contributed by atoms with E-state index >= 15 is 0 Å². The van der Waals surface area contributed by atoms with Gasteiger partial charge in [0.1, 0.15) is 0 Å². The second kappa shape index (κ2) is 7.52. The Hall–Kier alpha value is -1.46. The van der Waals surface area contributed by atoms with Crippen LogP contribution in [0.15, 0.2) is 24.4 Å². The van der Waals surface area contributed by atoms with Crippen molar-refractivity contribution >= 4 is 5.91 Å². The van der Waals surface area contributed by atoms with E-state index in [0.717, 1.165) is 38.0 Å². The minimum absolute atomic E-state index is 0.0662. The smallest absolute Gasteiger partial charge is 0.222 e. The van der Waals surface area contributed by atoms with E-state index in [1.54, 1.807) is 7.05 Å². The average Bonchev–Trinajstić information content (AvgIpc) is 2.55. The molecule has 2 heterocycles. The Morgan fingerprint density at radius 3 is 2.71 bits per heavy atom.